The molecule has 2 rings (SSSR count). The second-order valence-electron chi connectivity index (χ2n) is 5.09. The van der Waals surface area contributed by atoms with Gasteiger partial charge in [-0.1, -0.05) is 24.3 Å². The SMILES string of the molecule is CC(O)N(C(=O)COc1cccc(C=O)c1[N+](=O)[O-])c1ccccc1. The molecule has 130 valence electrons. The standard InChI is InChI=1S/C17H16N2O6/c1-12(21)18(14-7-3-2-4-8-14)16(22)11-25-15-9-5-6-13(10-20)17(15)19(23)24/h2-10,12,21H,11H2,1H3. The van der Waals surface area contributed by atoms with E-state index in [9.17, 15) is 24.8 Å². The van der Waals surface area contributed by atoms with E-state index in [0.717, 1.165) is 4.90 Å². The zero-order valence-corrected chi connectivity index (χ0v) is 13.4. The number of carbonyl (C=O) groups is 2. The lowest BCUT2D eigenvalue weighted by Gasteiger charge is -2.25. The Hall–Kier alpha value is -3.26. The molecule has 1 atom stereocenters. The highest BCUT2D eigenvalue weighted by molar-refractivity contribution is 5.94. The van der Waals surface area contributed by atoms with Gasteiger partial charge in [-0.2, -0.15) is 0 Å². The summed E-state index contributed by atoms with van der Waals surface area (Å²) in [5.41, 5.74) is -0.193. The van der Waals surface area contributed by atoms with Crippen LogP contribution in [0.5, 0.6) is 5.75 Å². The number of ether oxygens (including phenoxy) is 1. The van der Waals surface area contributed by atoms with Crippen molar-refractivity contribution in [1.82, 2.24) is 0 Å². The molecule has 0 aliphatic rings. The van der Waals surface area contributed by atoms with E-state index in [0.29, 0.717) is 12.0 Å². The molecule has 0 fully saturated rings. The third-order valence-electron chi connectivity index (χ3n) is 3.37. The largest absolute Gasteiger partial charge is 0.477 e. The van der Waals surface area contributed by atoms with Crippen molar-refractivity contribution < 1.29 is 24.4 Å². The van der Waals surface area contributed by atoms with Crippen LogP contribution in [0, 0.1) is 10.1 Å². The number of nitrogens with zero attached hydrogens (tertiary/aromatic N) is 2. The van der Waals surface area contributed by atoms with Gasteiger partial charge < -0.3 is 9.84 Å². The fraction of sp³-hybridized carbons (Fsp3) is 0.176. The fourth-order valence-corrected chi connectivity index (χ4v) is 2.31. The Balaban J connectivity index is 2.22. The third kappa shape index (κ3) is 4.18. The zero-order valence-electron chi connectivity index (χ0n) is 13.4. The maximum absolute atomic E-state index is 12.4. The maximum atomic E-state index is 12.4. The Bertz CT molecular complexity index is 776. The zero-order chi connectivity index (χ0) is 18.4. The molecular weight excluding hydrogens is 328 g/mol. The number of amides is 1. The topological polar surface area (TPSA) is 110 Å². The van der Waals surface area contributed by atoms with E-state index in [4.69, 9.17) is 4.74 Å². The summed E-state index contributed by atoms with van der Waals surface area (Å²) in [7, 11) is 0. The lowest BCUT2D eigenvalue weighted by Crippen LogP contribution is -2.41. The van der Waals surface area contributed by atoms with Crippen molar-refractivity contribution in [2.24, 2.45) is 0 Å². The van der Waals surface area contributed by atoms with E-state index >= 15 is 0 Å². The number of nitro benzene ring substituents is 1. The fourth-order valence-electron chi connectivity index (χ4n) is 2.31. The summed E-state index contributed by atoms with van der Waals surface area (Å²) in [5.74, 6) is -0.784. The first-order valence-corrected chi connectivity index (χ1v) is 7.36. The van der Waals surface area contributed by atoms with E-state index < -0.39 is 29.4 Å². The predicted octanol–water partition coefficient (Wildman–Crippen LogP) is 2.16. The van der Waals surface area contributed by atoms with Crippen LogP contribution in [0.1, 0.15) is 17.3 Å². The number of benzene rings is 2. The maximum Gasteiger partial charge on any atom is 0.321 e. The average Bonchev–Trinajstić information content (AvgIpc) is 2.60. The Morgan fingerprint density at radius 3 is 2.52 bits per heavy atom. The van der Waals surface area contributed by atoms with Crippen LogP contribution in [0.2, 0.25) is 0 Å². The van der Waals surface area contributed by atoms with Gasteiger partial charge in [-0.15, -0.1) is 0 Å². The number of carbonyl (C=O) groups excluding carboxylic acids is 2. The number of hydrogen-bond donors (Lipinski definition) is 1. The van der Waals surface area contributed by atoms with E-state index in [2.05, 4.69) is 0 Å². The van der Waals surface area contributed by atoms with Crippen LogP contribution in [0.25, 0.3) is 0 Å². The van der Waals surface area contributed by atoms with Crippen LogP contribution in [0.3, 0.4) is 0 Å². The lowest BCUT2D eigenvalue weighted by atomic mass is 10.2. The molecule has 1 N–H and O–H groups in total. The van der Waals surface area contributed by atoms with Gasteiger partial charge in [0.2, 0.25) is 0 Å². The Labute approximate surface area is 143 Å². The summed E-state index contributed by atoms with van der Waals surface area (Å²) in [5, 5.41) is 21.0. The Morgan fingerprint density at radius 2 is 1.96 bits per heavy atom. The summed E-state index contributed by atoms with van der Waals surface area (Å²) in [6, 6.07) is 12.5. The number of aldehydes is 1. The van der Waals surface area contributed by atoms with Gasteiger partial charge in [-0.25, -0.2) is 0 Å². The monoisotopic (exact) mass is 344 g/mol. The van der Waals surface area contributed by atoms with Gasteiger partial charge in [0.25, 0.3) is 5.91 Å². The summed E-state index contributed by atoms with van der Waals surface area (Å²) >= 11 is 0. The van der Waals surface area contributed by atoms with Crippen LogP contribution in [-0.2, 0) is 4.79 Å². The molecule has 0 aromatic heterocycles. The first-order chi connectivity index (χ1) is 12.0. The molecule has 1 amide bonds. The van der Waals surface area contributed by atoms with Crippen molar-refractivity contribution in [2.45, 2.75) is 13.2 Å². The molecule has 0 saturated carbocycles. The molecule has 1 unspecified atom stereocenters. The number of anilines is 1. The lowest BCUT2D eigenvalue weighted by molar-refractivity contribution is -0.386. The van der Waals surface area contributed by atoms with Gasteiger partial charge in [-0.05, 0) is 31.2 Å². The van der Waals surface area contributed by atoms with Gasteiger partial charge in [-0.3, -0.25) is 24.6 Å². The molecule has 0 spiro atoms. The van der Waals surface area contributed by atoms with Crippen molar-refractivity contribution in [3.8, 4) is 5.75 Å². The van der Waals surface area contributed by atoms with Gasteiger partial charge >= 0.3 is 5.69 Å². The molecule has 2 aromatic rings. The van der Waals surface area contributed by atoms with Crippen LogP contribution < -0.4 is 9.64 Å². The predicted molar refractivity (Wildman–Crippen MR) is 89.6 cm³/mol. The minimum atomic E-state index is -1.12. The highest BCUT2D eigenvalue weighted by atomic mass is 16.6. The van der Waals surface area contributed by atoms with Gasteiger partial charge in [0.1, 0.15) is 6.23 Å². The molecule has 2 aromatic carbocycles. The van der Waals surface area contributed by atoms with Gasteiger partial charge in [0.15, 0.2) is 18.6 Å². The molecule has 0 aliphatic heterocycles. The van der Waals surface area contributed by atoms with E-state index in [1.165, 1.54) is 25.1 Å². The number of para-hydroxylation sites is 2. The number of aliphatic hydroxyl groups excluding tert-OH is 1. The second kappa shape index (κ2) is 8.02. The summed E-state index contributed by atoms with van der Waals surface area (Å²) in [6.45, 7) is 0.878. The average molecular weight is 344 g/mol. The quantitative estimate of drug-likeness (QED) is 0.357. The molecular formula is C17H16N2O6. The first kappa shape index (κ1) is 18.1. The van der Waals surface area contributed by atoms with Gasteiger partial charge in [0.05, 0.1) is 10.5 Å². The van der Waals surface area contributed by atoms with Crippen LogP contribution in [0.15, 0.2) is 48.5 Å². The van der Waals surface area contributed by atoms with E-state index in [1.54, 1.807) is 30.3 Å². The van der Waals surface area contributed by atoms with Crippen molar-refractivity contribution in [3.05, 3.63) is 64.2 Å². The number of rotatable bonds is 7. The van der Waals surface area contributed by atoms with Crippen LogP contribution >= 0.6 is 0 Å². The molecule has 0 heterocycles. The van der Waals surface area contributed by atoms with Crippen LogP contribution in [-0.4, -0.2) is 35.1 Å². The number of hydrogen-bond acceptors (Lipinski definition) is 6. The summed E-state index contributed by atoms with van der Waals surface area (Å²) < 4.78 is 5.25. The minimum Gasteiger partial charge on any atom is -0.477 e. The normalized spacial score (nSPS) is 11.4. The summed E-state index contributed by atoms with van der Waals surface area (Å²) in [4.78, 5) is 34.8. The molecule has 0 bridgehead atoms. The highest BCUT2D eigenvalue weighted by Crippen LogP contribution is 2.30. The number of aliphatic hydroxyl groups is 1. The smallest absolute Gasteiger partial charge is 0.321 e. The molecule has 0 saturated heterocycles. The van der Waals surface area contributed by atoms with E-state index in [1.807, 2.05) is 0 Å². The number of nitro groups is 1. The van der Waals surface area contributed by atoms with Crippen molar-refractivity contribution in [1.29, 1.82) is 0 Å². The van der Waals surface area contributed by atoms with Crippen LogP contribution in [0.4, 0.5) is 11.4 Å². The molecule has 8 heteroatoms. The summed E-state index contributed by atoms with van der Waals surface area (Å²) in [6.07, 6.45) is -0.770. The van der Waals surface area contributed by atoms with Crippen molar-refractivity contribution >= 4 is 23.6 Å². The minimum absolute atomic E-state index is 0.148. The molecule has 25 heavy (non-hydrogen) atoms. The third-order valence-corrected chi connectivity index (χ3v) is 3.37. The Morgan fingerprint density at radius 1 is 1.28 bits per heavy atom. The van der Waals surface area contributed by atoms with Crippen molar-refractivity contribution in [2.75, 3.05) is 11.5 Å². The Kier molecular flexibility index (Phi) is 5.80. The van der Waals surface area contributed by atoms with Gasteiger partial charge in [0, 0.05) is 5.69 Å². The van der Waals surface area contributed by atoms with E-state index in [-0.39, 0.29) is 11.3 Å². The highest BCUT2D eigenvalue weighted by Gasteiger charge is 2.24. The molecule has 0 radical (unpaired) electrons. The molecule has 8 nitrogen and oxygen atoms in total. The molecule has 0 aliphatic carbocycles. The second-order valence-corrected chi connectivity index (χ2v) is 5.09. The first-order valence-electron chi connectivity index (χ1n) is 7.36. The van der Waals surface area contributed by atoms with Crippen molar-refractivity contribution in [3.63, 3.8) is 0 Å².